The summed E-state index contributed by atoms with van der Waals surface area (Å²) in [6, 6.07) is 7.38. The van der Waals surface area contributed by atoms with Crippen molar-refractivity contribution in [2.75, 3.05) is 19.6 Å². The summed E-state index contributed by atoms with van der Waals surface area (Å²) in [4.78, 5) is 27.6. The van der Waals surface area contributed by atoms with Crippen molar-refractivity contribution in [3.63, 3.8) is 0 Å². The Balaban J connectivity index is 2.05. The molecule has 0 radical (unpaired) electrons. The van der Waals surface area contributed by atoms with Crippen LogP contribution in [-0.4, -0.2) is 64.7 Å². The number of carbonyl (C=O) groups excluding carboxylic acids is 1. The van der Waals surface area contributed by atoms with E-state index in [1.165, 1.54) is 4.90 Å². The zero-order valence-corrected chi connectivity index (χ0v) is 16.1. The van der Waals surface area contributed by atoms with Gasteiger partial charge in [-0.25, -0.2) is 0 Å². The maximum atomic E-state index is 12.7. The summed E-state index contributed by atoms with van der Waals surface area (Å²) in [5.41, 5.74) is 1.66. The Morgan fingerprint density at radius 3 is 2.31 bits per heavy atom. The molecule has 1 heterocycles. The Morgan fingerprint density at radius 1 is 1.23 bits per heavy atom. The van der Waals surface area contributed by atoms with Crippen LogP contribution in [-0.2, 0) is 16.1 Å². The van der Waals surface area contributed by atoms with Crippen molar-refractivity contribution in [2.45, 2.75) is 58.9 Å². The molecule has 6 heteroatoms. The van der Waals surface area contributed by atoms with Crippen LogP contribution in [0.2, 0.25) is 0 Å². The first-order valence-electron chi connectivity index (χ1n) is 9.29. The molecule has 1 aromatic rings. The van der Waals surface area contributed by atoms with Crippen LogP contribution in [0.4, 0.5) is 0 Å². The highest BCUT2D eigenvalue weighted by atomic mass is 16.5. The molecule has 1 saturated heterocycles. The van der Waals surface area contributed by atoms with Gasteiger partial charge in [-0.1, -0.05) is 19.1 Å². The van der Waals surface area contributed by atoms with Gasteiger partial charge in [0.1, 0.15) is 6.54 Å². The lowest BCUT2D eigenvalue weighted by atomic mass is 10.1. The minimum absolute atomic E-state index is 0.116. The number of hydrogen-bond donors (Lipinski definition) is 1. The maximum absolute atomic E-state index is 12.7. The second-order valence-electron chi connectivity index (χ2n) is 7.23. The second kappa shape index (κ2) is 9.14. The lowest BCUT2D eigenvalue weighted by Gasteiger charge is -2.35. The number of hydrogen-bond acceptors (Lipinski definition) is 4. The lowest BCUT2D eigenvalue weighted by Crippen LogP contribution is -2.44. The van der Waals surface area contributed by atoms with Gasteiger partial charge in [-0.15, -0.1) is 0 Å². The van der Waals surface area contributed by atoms with Crippen LogP contribution in [0.3, 0.4) is 0 Å². The quantitative estimate of drug-likeness (QED) is 0.807. The molecule has 1 aromatic carbocycles. The van der Waals surface area contributed by atoms with Gasteiger partial charge in [0.2, 0.25) is 0 Å². The van der Waals surface area contributed by atoms with Gasteiger partial charge in [0.05, 0.1) is 12.2 Å². The molecule has 1 amide bonds. The predicted molar refractivity (Wildman–Crippen MR) is 100 cm³/mol. The van der Waals surface area contributed by atoms with E-state index in [2.05, 4.69) is 18.7 Å². The average Bonchev–Trinajstić information content (AvgIpc) is 2.58. The highest BCUT2D eigenvalue weighted by molar-refractivity contribution is 5.96. The molecule has 0 aliphatic carbocycles. The first-order chi connectivity index (χ1) is 12.3. The smallest absolute Gasteiger partial charge is 0.323 e. The maximum Gasteiger partial charge on any atom is 0.323 e. The van der Waals surface area contributed by atoms with E-state index >= 15 is 0 Å². The summed E-state index contributed by atoms with van der Waals surface area (Å²) in [6.45, 7) is 10.3. The van der Waals surface area contributed by atoms with E-state index in [1.54, 1.807) is 12.1 Å². The molecule has 1 fully saturated rings. The zero-order valence-electron chi connectivity index (χ0n) is 16.1. The Kier molecular flexibility index (Phi) is 7.17. The minimum Gasteiger partial charge on any atom is -0.480 e. The van der Waals surface area contributed by atoms with E-state index in [-0.39, 0.29) is 30.7 Å². The van der Waals surface area contributed by atoms with Crippen LogP contribution in [0, 0.1) is 0 Å². The Morgan fingerprint density at radius 2 is 1.81 bits per heavy atom. The normalized spacial score (nSPS) is 22.0. The largest absolute Gasteiger partial charge is 0.480 e. The van der Waals surface area contributed by atoms with Crippen LogP contribution in [0.5, 0.6) is 0 Å². The number of morpholine rings is 1. The van der Waals surface area contributed by atoms with Crippen LogP contribution in [0.25, 0.3) is 0 Å². The van der Waals surface area contributed by atoms with Crippen molar-refractivity contribution in [1.82, 2.24) is 9.80 Å². The molecule has 26 heavy (non-hydrogen) atoms. The van der Waals surface area contributed by atoms with Gasteiger partial charge in [0, 0.05) is 31.2 Å². The van der Waals surface area contributed by atoms with Crippen molar-refractivity contribution >= 4 is 11.9 Å². The van der Waals surface area contributed by atoms with Gasteiger partial charge in [-0.05, 0) is 44.9 Å². The topological polar surface area (TPSA) is 70.1 Å². The summed E-state index contributed by atoms with van der Waals surface area (Å²) >= 11 is 0. The monoisotopic (exact) mass is 362 g/mol. The van der Waals surface area contributed by atoms with E-state index in [9.17, 15) is 9.59 Å². The summed E-state index contributed by atoms with van der Waals surface area (Å²) in [6.07, 6.45) is 1.16. The summed E-state index contributed by atoms with van der Waals surface area (Å²) in [5.74, 6) is -1.23. The fraction of sp³-hybridized carbons (Fsp3) is 0.600. The van der Waals surface area contributed by atoms with Crippen LogP contribution >= 0.6 is 0 Å². The summed E-state index contributed by atoms with van der Waals surface area (Å²) in [5, 5.41) is 9.08. The molecule has 1 aliphatic rings. The molecule has 2 rings (SSSR count). The van der Waals surface area contributed by atoms with Gasteiger partial charge in [0.25, 0.3) is 5.91 Å². The highest BCUT2D eigenvalue weighted by Gasteiger charge is 2.24. The van der Waals surface area contributed by atoms with Gasteiger partial charge in [0.15, 0.2) is 0 Å². The van der Waals surface area contributed by atoms with Gasteiger partial charge in [-0.2, -0.15) is 0 Å². The van der Waals surface area contributed by atoms with Crippen LogP contribution in [0.15, 0.2) is 24.3 Å². The SMILES string of the molecule is CC[C@H](C)N(CC(=O)O)C(=O)c1ccc(CN2C[C@@H](C)O[C@H](C)C2)cc1. The average molecular weight is 362 g/mol. The highest BCUT2D eigenvalue weighted by Crippen LogP contribution is 2.16. The number of amides is 1. The number of carbonyl (C=O) groups is 2. The fourth-order valence-electron chi connectivity index (χ4n) is 3.38. The number of ether oxygens (including phenoxy) is 1. The first-order valence-corrected chi connectivity index (χ1v) is 9.29. The molecule has 0 bridgehead atoms. The Bertz CT molecular complexity index is 607. The number of nitrogens with zero attached hydrogens (tertiary/aromatic N) is 2. The van der Waals surface area contributed by atoms with Crippen molar-refractivity contribution in [3.8, 4) is 0 Å². The van der Waals surface area contributed by atoms with Crippen molar-refractivity contribution in [1.29, 1.82) is 0 Å². The van der Waals surface area contributed by atoms with Crippen LogP contribution < -0.4 is 0 Å². The molecule has 6 nitrogen and oxygen atoms in total. The van der Waals surface area contributed by atoms with Gasteiger partial charge >= 0.3 is 5.97 Å². The standard InChI is InChI=1S/C20H30N2O4/c1-5-14(2)22(13-19(23)24)20(25)18-8-6-17(7-9-18)12-21-10-15(3)26-16(4)11-21/h6-9,14-16H,5,10-13H2,1-4H3,(H,23,24)/t14-,15+,16+/m0/s1. The molecule has 1 N–H and O–H groups in total. The molecule has 0 aromatic heterocycles. The van der Waals surface area contributed by atoms with Crippen LogP contribution in [0.1, 0.15) is 50.0 Å². The number of carboxylic acid groups (broad SMARTS) is 1. The number of carboxylic acids is 1. The van der Waals surface area contributed by atoms with Gasteiger partial charge < -0.3 is 14.7 Å². The van der Waals surface area contributed by atoms with E-state index in [1.807, 2.05) is 26.0 Å². The number of rotatable bonds is 7. The van der Waals surface area contributed by atoms with E-state index in [0.29, 0.717) is 12.0 Å². The molecule has 0 saturated carbocycles. The predicted octanol–water partition coefficient (Wildman–Crippen LogP) is 2.62. The number of aliphatic carboxylic acids is 1. The van der Waals surface area contributed by atoms with E-state index < -0.39 is 5.97 Å². The molecule has 0 unspecified atom stereocenters. The molecule has 3 atom stereocenters. The molecule has 144 valence electrons. The summed E-state index contributed by atoms with van der Waals surface area (Å²) in [7, 11) is 0. The summed E-state index contributed by atoms with van der Waals surface area (Å²) < 4.78 is 5.76. The molecule has 0 spiro atoms. The second-order valence-corrected chi connectivity index (χ2v) is 7.23. The van der Waals surface area contributed by atoms with Crippen molar-refractivity contribution in [3.05, 3.63) is 35.4 Å². The third-order valence-corrected chi connectivity index (χ3v) is 4.79. The Hall–Kier alpha value is -1.92. The van der Waals surface area contributed by atoms with Crippen molar-refractivity contribution < 1.29 is 19.4 Å². The van der Waals surface area contributed by atoms with E-state index in [4.69, 9.17) is 9.84 Å². The minimum atomic E-state index is -0.995. The van der Waals surface area contributed by atoms with Gasteiger partial charge in [-0.3, -0.25) is 14.5 Å². The first kappa shape index (κ1) is 20.4. The lowest BCUT2D eigenvalue weighted by molar-refractivity contribution is -0.138. The third-order valence-electron chi connectivity index (χ3n) is 4.79. The van der Waals surface area contributed by atoms with Crippen molar-refractivity contribution in [2.24, 2.45) is 0 Å². The Labute approximate surface area is 155 Å². The number of benzene rings is 1. The fourth-order valence-corrected chi connectivity index (χ4v) is 3.38. The third kappa shape index (κ3) is 5.54. The molecule has 1 aliphatic heterocycles. The zero-order chi connectivity index (χ0) is 19.3. The van der Waals surface area contributed by atoms with E-state index in [0.717, 1.165) is 25.2 Å². The molecular formula is C20H30N2O4. The molecular weight excluding hydrogens is 332 g/mol.